The summed E-state index contributed by atoms with van der Waals surface area (Å²) in [6.07, 6.45) is 0.247. The molecule has 0 spiro atoms. The predicted molar refractivity (Wildman–Crippen MR) is 78.0 cm³/mol. The van der Waals surface area contributed by atoms with Gasteiger partial charge in [0.25, 0.3) is 0 Å². The van der Waals surface area contributed by atoms with Gasteiger partial charge in [-0.1, -0.05) is 41.4 Å². The number of hydrogen-bond acceptors (Lipinski definition) is 2. The van der Waals surface area contributed by atoms with E-state index in [9.17, 15) is 4.79 Å². The first-order valence-corrected chi connectivity index (χ1v) is 6.56. The Labute approximate surface area is 120 Å². The third-order valence-corrected chi connectivity index (χ3v) is 3.59. The maximum absolute atomic E-state index is 12.2. The van der Waals surface area contributed by atoms with E-state index in [-0.39, 0.29) is 12.2 Å². The highest BCUT2D eigenvalue weighted by Crippen LogP contribution is 2.31. The molecule has 1 aliphatic rings. The van der Waals surface area contributed by atoms with Crippen molar-refractivity contribution >= 4 is 40.4 Å². The van der Waals surface area contributed by atoms with Crippen molar-refractivity contribution in [2.75, 3.05) is 0 Å². The topological polar surface area (TPSA) is 29.4 Å². The molecule has 0 aromatic heterocycles. The quantitative estimate of drug-likeness (QED) is 0.748. The molecular formula is C15H9Cl2NO. The summed E-state index contributed by atoms with van der Waals surface area (Å²) in [5, 5.41) is 1.15. The lowest BCUT2D eigenvalue weighted by atomic mass is 9.96. The largest absolute Gasteiger partial charge is 0.294 e. The maximum atomic E-state index is 12.2. The SMILES string of the molecule is O=C1CC(c2ccccc2Cl)=Nc2ccc(Cl)cc21. The molecule has 0 bridgehead atoms. The smallest absolute Gasteiger partial charge is 0.171 e. The summed E-state index contributed by atoms with van der Waals surface area (Å²) in [6.45, 7) is 0. The van der Waals surface area contributed by atoms with Crippen LogP contribution in [0.5, 0.6) is 0 Å². The fraction of sp³-hybridized carbons (Fsp3) is 0.0667. The van der Waals surface area contributed by atoms with E-state index in [1.165, 1.54) is 0 Å². The van der Waals surface area contributed by atoms with Crippen LogP contribution in [0.3, 0.4) is 0 Å². The Kier molecular flexibility index (Phi) is 3.13. The van der Waals surface area contributed by atoms with Gasteiger partial charge in [0.1, 0.15) is 0 Å². The van der Waals surface area contributed by atoms with Gasteiger partial charge in [0.15, 0.2) is 5.78 Å². The van der Waals surface area contributed by atoms with Crippen LogP contribution in [0.4, 0.5) is 5.69 Å². The first-order chi connectivity index (χ1) is 9.15. The summed E-state index contributed by atoms with van der Waals surface area (Å²) in [4.78, 5) is 16.7. The standard InChI is InChI=1S/C15H9Cl2NO/c16-9-5-6-13-11(7-9)15(19)8-14(18-13)10-3-1-2-4-12(10)17/h1-7H,8H2. The van der Waals surface area contributed by atoms with E-state index in [0.717, 1.165) is 5.56 Å². The molecule has 0 fully saturated rings. The zero-order valence-electron chi connectivity index (χ0n) is 9.86. The van der Waals surface area contributed by atoms with Crippen molar-refractivity contribution in [3.8, 4) is 0 Å². The third kappa shape index (κ3) is 2.29. The van der Waals surface area contributed by atoms with Crippen LogP contribution < -0.4 is 0 Å². The molecule has 0 radical (unpaired) electrons. The molecule has 0 saturated heterocycles. The Morgan fingerprint density at radius 1 is 1.00 bits per heavy atom. The molecule has 4 heteroatoms. The number of aliphatic imine (C=N–C) groups is 1. The monoisotopic (exact) mass is 289 g/mol. The Morgan fingerprint density at radius 3 is 2.58 bits per heavy atom. The molecule has 2 nitrogen and oxygen atoms in total. The molecule has 2 aromatic rings. The van der Waals surface area contributed by atoms with Crippen LogP contribution in [-0.4, -0.2) is 11.5 Å². The number of hydrogen-bond donors (Lipinski definition) is 0. The molecule has 3 rings (SSSR count). The van der Waals surface area contributed by atoms with Gasteiger partial charge in [-0.15, -0.1) is 0 Å². The Bertz CT molecular complexity index is 707. The molecular weight excluding hydrogens is 281 g/mol. The van der Waals surface area contributed by atoms with Gasteiger partial charge in [0.05, 0.1) is 17.8 Å². The summed E-state index contributed by atoms with van der Waals surface area (Å²) < 4.78 is 0. The van der Waals surface area contributed by atoms with Crippen molar-refractivity contribution in [1.82, 2.24) is 0 Å². The van der Waals surface area contributed by atoms with E-state index in [1.54, 1.807) is 24.3 Å². The van der Waals surface area contributed by atoms with Crippen molar-refractivity contribution in [2.24, 2.45) is 4.99 Å². The number of ketones is 1. The molecule has 19 heavy (non-hydrogen) atoms. The number of carbonyl (C=O) groups is 1. The first-order valence-electron chi connectivity index (χ1n) is 5.80. The highest BCUT2D eigenvalue weighted by Gasteiger charge is 2.22. The van der Waals surface area contributed by atoms with Crippen molar-refractivity contribution in [3.63, 3.8) is 0 Å². The third-order valence-electron chi connectivity index (χ3n) is 3.03. The lowest BCUT2D eigenvalue weighted by Crippen LogP contribution is -2.14. The Hall–Kier alpha value is -1.64. The fourth-order valence-electron chi connectivity index (χ4n) is 2.11. The van der Waals surface area contributed by atoms with Crippen LogP contribution in [-0.2, 0) is 0 Å². The molecule has 1 heterocycles. The second-order valence-corrected chi connectivity index (χ2v) is 5.14. The molecule has 94 valence electrons. The van der Waals surface area contributed by atoms with Gasteiger partial charge in [-0.05, 0) is 24.3 Å². The minimum Gasteiger partial charge on any atom is -0.294 e. The molecule has 0 saturated carbocycles. The minimum atomic E-state index is 0.0161. The van der Waals surface area contributed by atoms with Gasteiger partial charge < -0.3 is 0 Å². The number of nitrogens with zero attached hydrogens (tertiary/aromatic N) is 1. The van der Waals surface area contributed by atoms with Crippen molar-refractivity contribution < 1.29 is 4.79 Å². The normalized spacial score (nSPS) is 14.0. The molecule has 0 amide bonds. The van der Waals surface area contributed by atoms with Gasteiger partial charge in [-0.25, -0.2) is 0 Å². The number of benzene rings is 2. The van der Waals surface area contributed by atoms with E-state index in [2.05, 4.69) is 4.99 Å². The second kappa shape index (κ2) is 4.80. The molecule has 0 aliphatic carbocycles. The molecule has 0 unspecified atom stereocenters. The number of rotatable bonds is 1. The lowest BCUT2D eigenvalue weighted by molar-refractivity contribution is 0.1000. The van der Waals surface area contributed by atoms with Crippen molar-refractivity contribution in [2.45, 2.75) is 6.42 Å². The highest BCUT2D eigenvalue weighted by molar-refractivity contribution is 6.36. The van der Waals surface area contributed by atoms with Gasteiger partial charge in [-0.2, -0.15) is 0 Å². The average molecular weight is 290 g/mol. The van der Waals surface area contributed by atoms with Gasteiger partial charge in [0, 0.05) is 21.2 Å². The Balaban J connectivity index is 2.14. The van der Waals surface area contributed by atoms with Gasteiger partial charge in [0.2, 0.25) is 0 Å². The van der Waals surface area contributed by atoms with Gasteiger partial charge >= 0.3 is 0 Å². The molecule has 0 atom stereocenters. The average Bonchev–Trinajstić information content (AvgIpc) is 2.40. The maximum Gasteiger partial charge on any atom is 0.171 e. The summed E-state index contributed by atoms with van der Waals surface area (Å²) >= 11 is 12.0. The van der Waals surface area contributed by atoms with Crippen LogP contribution in [0, 0.1) is 0 Å². The molecule has 1 aliphatic heterocycles. The number of fused-ring (bicyclic) bond motifs is 1. The van der Waals surface area contributed by atoms with E-state index < -0.39 is 0 Å². The number of carbonyl (C=O) groups excluding carboxylic acids is 1. The predicted octanol–water partition coefficient (Wildman–Crippen LogP) is 4.70. The van der Waals surface area contributed by atoms with Crippen LogP contribution >= 0.6 is 23.2 Å². The molecule has 2 aromatic carbocycles. The first kappa shape index (κ1) is 12.4. The minimum absolute atomic E-state index is 0.0161. The van der Waals surface area contributed by atoms with E-state index >= 15 is 0 Å². The van der Waals surface area contributed by atoms with Crippen LogP contribution in [0.15, 0.2) is 47.5 Å². The number of Topliss-reactive ketones (excluding diaryl/α,β-unsaturated/α-hetero) is 1. The summed E-state index contributed by atoms with van der Waals surface area (Å²) in [5.74, 6) is 0.0161. The van der Waals surface area contributed by atoms with Gasteiger partial charge in [-0.3, -0.25) is 9.79 Å². The summed E-state index contributed by atoms with van der Waals surface area (Å²) in [5.41, 5.74) is 2.72. The Morgan fingerprint density at radius 2 is 1.79 bits per heavy atom. The molecule has 0 N–H and O–H groups in total. The van der Waals surface area contributed by atoms with Crippen LogP contribution in [0.25, 0.3) is 0 Å². The highest BCUT2D eigenvalue weighted by atomic mass is 35.5. The van der Waals surface area contributed by atoms with E-state index in [0.29, 0.717) is 27.0 Å². The van der Waals surface area contributed by atoms with E-state index in [4.69, 9.17) is 23.2 Å². The van der Waals surface area contributed by atoms with Crippen LogP contribution in [0.2, 0.25) is 10.0 Å². The van der Waals surface area contributed by atoms with Crippen LogP contribution in [0.1, 0.15) is 22.3 Å². The second-order valence-electron chi connectivity index (χ2n) is 4.30. The van der Waals surface area contributed by atoms with Crippen molar-refractivity contribution in [3.05, 3.63) is 63.6 Å². The summed E-state index contributed by atoms with van der Waals surface area (Å²) in [6, 6.07) is 12.5. The zero-order chi connectivity index (χ0) is 13.4. The zero-order valence-corrected chi connectivity index (χ0v) is 11.4. The van der Waals surface area contributed by atoms with E-state index in [1.807, 2.05) is 18.2 Å². The lowest BCUT2D eigenvalue weighted by Gasteiger charge is -2.15. The summed E-state index contributed by atoms with van der Waals surface area (Å²) in [7, 11) is 0. The fourth-order valence-corrected chi connectivity index (χ4v) is 2.53. The number of halogens is 2. The van der Waals surface area contributed by atoms with Crippen molar-refractivity contribution in [1.29, 1.82) is 0 Å².